The van der Waals surface area contributed by atoms with E-state index in [1.54, 1.807) is 24.7 Å². The Bertz CT molecular complexity index is 2030. The summed E-state index contributed by atoms with van der Waals surface area (Å²) in [5, 5.41) is 26.7. The maximum atomic E-state index is 14.6. The average molecular weight is 685 g/mol. The molecule has 13 nitrogen and oxygen atoms in total. The predicted octanol–water partition coefficient (Wildman–Crippen LogP) is 6.19. The van der Waals surface area contributed by atoms with Gasteiger partial charge >= 0.3 is 0 Å². The molecule has 0 fully saturated rings. The molecule has 0 amide bonds. The summed E-state index contributed by atoms with van der Waals surface area (Å²) in [5.74, 6) is 0.439. The van der Waals surface area contributed by atoms with E-state index < -0.39 is 17.3 Å². The number of aryl methyl sites for hydroxylation is 2. The van der Waals surface area contributed by atoms with Crippen molar-refractivity contribution >= 4 is 27.8 Å². The van der Waals surface area contributed by atoms with Crippen LogP contribution in [0.4, 0.5) is 21.5 Å². The molecular weight excluding hydrogens is 643 g/mol. The largest absolute Gasteiger partial charge is 0.494 e. The minimum atomic E-state index is -0.516. The van der Waals surface area contributed by atoms with Gasteiger partial charge < -0.3 is 19.7 Å². The van der Waals surface area contributed by atoms with Gasteiger partial charge in [-0.1, -0.05) is 19.1 Å². The molecule has 0 spiro atoms. The maximum Gasteiger partial charge on any atom is 0.272 e. The quantitative estimate of drug-likeness (QED) is 0.0742. The molecule has 6 rings (SSSR count). The van der Waals surface area contributed by atoms with Crippen LogP contribution in [0.1, 0.15) is 67.7 Å². The highest BCUT2D eigenvalue weighted by Crippen LogP contribution is 2.46. The third kappa shape index (κ3) is 7.15. The molecule has 0 saturated carbocycles. The first-order chi connectivity index (χ1) is 24.2. The molecule has 2 N–H and O–H groups in total. The highest BCUT2D eigenvalue weighted by atomic mass is 19.1. The fourth-order valence-electron chi connectivity index (χ4n) is 6.55. The van der Waals surface area contributed by atoms with Gasteiger partial charge in [-0.05, 0) is 75.1 Å². The molecule has 262 valence electrons. The molecule has 3 heterocycles. The molecule has 14 heteroatoms. The van der Waals surface area contributed by atoms with Crippen molar-refractivity contribution in [1.82, 2.24) is 25.0 Å². The molecule has 50 heavy (non-hydrogen) atoms. The van der Waals surface area contributed by atoms with Gasteiger partial charge in [-0.25, -0.2) is 14.5 Å². The van der Waals surface area contributed by atoms with Crippen molar-refractivity contribution in [3.63, 3.8) is 0 Å². The summed E-state index contributed by atoms with van der Waals surface area (Å²) >= 11 is 0. The van der Waals surface area contributed by atoms with Crippen molar-refractivity contribution in [1.29, 1.82) is 0 Å². The monoisotopic (exact) mass is 684 g/mol. The number of H-pyrrole nitrogens is 1. The van der Waals surface area contributed by atoms with Crippen LogP contribution >= 0.6 is 0 Å². The number of nitrogens with zero attached hydrogens (tertiary/aromatic N) is 6. The summed E-state index contributed by atoms with van der Waals surface area (Å²) in [6.07, 6.45) is 4.06. The van der Waals surface area contributed by atoms with E-state index in [2.05, 4.69) is 44.3 Å². The standard InChI is InChI=1S/C36H41FN8O5/c1-5-23(3)44(26-10-13-30(45(47)48)22(2)18-26)14-17-49-15-6-7-16-50-27-11-8-24(9-12-27)33-32(35-38-21-39-43(35)4)34-31-28(36(46)42-41-34)19-25(37)20-29(31)40-33/h8-13,18-21,23,32-33,40H,5-7,14-17H2,1-4H3,(H,42,46)/t23?,32-,33-/m1/s1. The smallest absolute Gasteiger partial charge is 0.272 e. The zero-order valence-electron chi connectivity index (χ0n) is 28.6. The van der Waals surface area contributed by atoms with Gasteiger partial charge in [-0.2, -0.15) is 10.2 Å². The van der Waals surface area contributed by atoms with Crippen molar-refractivity contribution in [2.45, 2.75) is 58.0 Å². The van der Waals surface area contributed by atoms with Crippen LogP contribution in [0.3, 0.4) is 0 Å². The molecule has 0 radical (unpaired) electrons. The molecular formula is C36H41FN8O5. The van der Waals surface area contributed by atoms with Gasteiger partial charge in [0.2, 0.25) is 0 Å². The Balaban J connectivity index is 1.03. The van der Waals surface area contributed by atoms with E-state index in [1.807, 2.05) is 36.4 Å². The number of hydrogen-bond donors (Lipinski definition) is 2. The summed E-state index contributed by atoms with van der Waals surface area (Å²) in [6, 6.07) is 15.5. The van der Waals surface area contributed by atoms with Crippen LogP contribution in [0.5, 0.6) is 5.75 Å². The Morgan fingerprint density at radius 2 is 1.88 bits per heavy atom. The number of nitrogens with one attached hydrogen (secondary N) is 2. The minimum Gasteiger partial charge on any atom is -0.494 e. The normalized spacial score (nSPS) is 15.9. The summed E-state index contributed by atoms with van der Waals surface area (Å²) in [7, 11) is 1.80. The summed E-state index contributed by atoms with van der Waals surface area (Å²) in [5.41, 5.74) is 3.25. The summed E-state index contributed by atoms with van der Waals surface area (Å²) in [6.45, 7) is 8.39. The van der Waals surface area contributed by atoms with Crippen LogP contribution in [0.2, 0.25) is 0 Å². The van der Waals surface area contributed by atoms with Gasteiger partial charge in [-0.3, -0.25) is 19.6 Å². The van der Waals surface area contributed by atoms with E-state index in [4.69, 9.17) is 9.47 Å². The predicted molar refractivity (Wildman–Crippen MR) is 188 cm³/mol. The first kappa shape index (κ1) is 34.5. The van der Waals surface area contributed by atoms with Crippen molar-refractivity contribution in [2.24, 2.45) is 7.05 Å². The van der Waals surface area contributed by atoms with Gasteiger partial charge in [-0.15, -0.1) is 0 Å². The third-order valence-corrected chi connectivity index (χ3v) is 9.34. The zero-order valence-corrected chi connectivity index (χ0v) is 28.6. The van der Waals surface area contributed by atoms with E-state index in [1.165, 1.54) is 18.5 Å². The Hall–Kier alpha value is -5.37. The molecule has 2 aromatic heterocycles. The SMILES string of the molecule is CCC(C)N(CCOCCCCOc1ccc([C@H]2Nc3cc(F)cc4c(=O)[nH]nc(c34)[C@@H]2c2ncnn2C)cc1)c1ccc([N+](=O)[O-])c(C)c1. The fraction of sp³-hybridized carbons (Fsp3) is 0.389. The lowest BCUT2D eigenvalue weighted by Gasteiger charge is -2.33. The number of hydrogen-bond acceptors (Lipinski definition) is 10. The number of halogens is 1. The average Bonchev–Trinajstić information content (AvgIpc) is 3.53. The lowest BCUT2D eigenvalue weighted by Crippen LogP contribution is -2.35. The molecule has 1 aliphatic rings. The van der Waals surface area contributed by atoms with Gasteiger partial charge in [0, 0.05) is 54.6 Å². The maximum absolute atomic E-state index is 14.6. The topological polar surface area (TPSA) is 153 Å². The molecule has 0 saturated heterocycles. The summed E-state index contributed by atoms with van der Waals surface area (Å²) < 4.78 is 28.2. The molecule has 1 aliphatic heterocycles. The first-order valence-electron chi connectivity index (χ1n) is 16.8. The molecule has 1 unspecified atom stereocenters. The van der Waals surface area contributed by atoms with Gasteiger partial charge in [0.15, 0.2) is 0 Å². The highest BCUT2D eigenvalue weighted by molar-refractivity contribution is 5.97. The lowest BCUT2D eigenvalue weighted by molar-refractivity contribution is -0.385. The number of nitro groups is 1. The van der Waals surface area contributed by atoms with Crippen LogP contribution in [-0.4, -0.2) is 62.3 Å². The fourth-order valence-corrected chi connectivity index (χ4v) is 6.55. The molecule has 3 aromatic carbocycles. The number of aromatic amines is 1. The molecule has 3 atom stereocenters. The molecule has 0 bridgehead atoms. The van der Waals surface area contributed by atoms with E-state index >= 15 is 0 Å². The van der Waals surface area contributed by atoms with Crippen LogP contribution in [-0.2, 0) is 11.8 Å². The third-order valence-electron chi connectivity index (χ3n) is 9.34. The Labute approximate surface area is 288 Å². The Morgan fingerprint density at radius 3 is 2.58 bits per heavy atom. The number of ether oxygens (including phenoxy) is 2. The van der Waals surface area contributed by atoms with Crippen molar-refractivity contribution in [3.05, 3.63) is 110 Å². The molecule has 5 aromatic rings. The number of anilines is 2. The van der Waals surface area contributed by atoms with Crippen molar-refractivity contribution in [2.75, 3.05) is 36.6 Å². The van der Waals surface area contributed by atoms with Gasteiger partial charge in [0.1, 0.15) is 23.7 Å². The van der Waals surface area contributed by atoms with Crippen LogP contribution in [0.15, 0.2) is 65.7 Å². The number of unbranched alkanes of at least 4 members (excludes halogenated alkanes) is 1. The van der Waals surface area contributed by atoms with Crippen LogP contribution < -0.4 is 20.5 Å². The second-order valence-corrected chi connectivity index (χ2v) is 12.6. The van der Waals surface area contributed by atoms with Gasteiger partial charge in [0.05, 0.1) is 41.2 Å². The van der Waals surface area contributed by atoms with Crippen LogP contribution in [0, 0.1) is 22.9 Å². The first-order valence-corrected chi connectivity index (χ1v) is 16.8. The summed E-state index contributed by atoms with van der Waals surface area (Å²) in [4.78, 5) is 30.2. The number of benzene rings is 3. The van der Waals surface area contributed by atoms with Crippen molar-refractivity contribution < 1.29 is 18.8 Å². The minimum absolute atomic E-state index is 0.125. The van der Waals surface area contributed by atoms with E-state index in [0.717, 1.165) is 36.3 Å². The number of rotatable bonds is 15. The Kier molecular flexibility index (Phi) is 10.4. The van der Waals surface area contributed by atoms with E-state index in [9.17, 15) is 19.3 Å². The number of aromatic nitrogens is 5. The van der Waals surface area contributed by atoms with Crippen molar-refractivity contribution in [3.8, 4) is 5.75 Å². The van der Waals surface area contributed by atoms with E-state index in [0.29, 0.717) is 54.5 Å². The van der Waals surface area contributed by atoms with Crippen LogP contribution in [0.25, 0.3) is 10.8 Å². The lowest BCUT2D eigenvalue weighted by atomic mass is 9.83. The Morgan fingerprint density at radius 1 is 1.10 bits per heavy atom. The highest BCUT2D eigenvalue weighted by Gasteiger charge is 2.37. The van der Waals surface area contributed by atoms with E-state index in [-0.39, 0.29) is 28.1 Å². The van der Waals surface area contributed by atoms with Gasteiger partial charge in [0.25, 0.3) is 11.2 Å². The number of nitro benzene ring substituents is 1. The second-order valence-electron chi connectivity index (χ2n) is 12.6. The molecule has 0 aliphatic carbocycles. The second kappa shape index (κ2) is 15.0. The zero-order chi connectivity index (χ0) is 35.4.